The first-order valence-electron chi connectivity index (χ1n) is 9.91. The Kier molecular flexibility index (Phi) is 6.86. The molecule has 0 aliphatic heterocycles. The summed E-state index contributed by atoms with van der Waals surface area (Å²) in [4.78, 5) is 15.3. The van der Waals surface area contributed by atoms with Crippen LogP contribution in [-0.2, 0) is 28.4 Å². The fourth-order valence-corrected chi connectivity index (χ4v) is 5.21. The number of rotatable bonds is 9. The monoisotopic (exact) mass is 481 g/mol. The lowest BCUT2D eigenvalue weighted by atomic mass is 10.2. The van der Waals surface area contributed by atoms with Gasteiger partial charge in [-0.25, -0.2) is 8.42 Å². The van der Waals surface area contributed by atoms with Gasteiger partial charge in [-0.15, -0.1) is 0 Å². The molecule has 1 saturated carbocycles. The van der Waals surface area contributed by atoms with Gasteiger partial charge in [-0.3, -0.25) is 4.79 Å². The van der Waals surface area contributed by atoms with E-state index in [4.69, 9.17) is 0 Å². The van der Waals surface area contributed by atoms with Gasteiger partial charge in [0.1, 0.15) is 0 Å². The molecule has 0 radical (unpaired) electrons. The van der Waals surface area contributed by atoms with E-state index in [0.717, 1.165) is 23.0 Å². The van der Waals surface area contributed by atoms with Crippen molar-refractivity contribution in [1.82, 2.24) is 13.8 Å². The number of nitrogens with zero attached hydrogens (tertiary/aromatic N) is 3. The third kappa shape index (κ3) is 5.10. The predicted octanol–water partition coefficient (Wildman–Crippen LogP) is 3.77. The number of hydrogen-bond donors (Lipinski definition) is 0. The molecule has 6 nitrogen and oxygen atoms in total. The van der Waals surface area contributed by atoms with E-state index in [-0.39, 0.29) is 29.4 Å². The van der Waals surface area contributed by atoms with E-state index in [1.54, 1.807) is 24.3 Å². The molecule has 0 spiro atoms. The standard InChI is InChI=1S/C21H28BrN3O3S/c1-4-16(2)25(29(27,28)20-11-7-17(22)8-12-20)15-21(26)24(18-9-10-18)14-19-6-5-13-23(19)3/h5-8,11-13,16,18H,4,9-10,14-15H2,1-3H3. The van der Waals surface area contributed by atoms with Gasteiger partial charge in [-0.05, 0) is 62.6 Å². The summed E-state index contributed by atoms with van der Waals surface area (Å²) in [6.07, 6.45) is 4.52. The first-order chi connectivity index (χ1) is 13.7. The zero-order valence-electron chi connectivity index (χ0n) is 17.1. The van der Waals surface area contributed by atoms with Crippen LogP contribution < -0.4 is 0 Å². The molecule has 29 heavy (non-hydrogen) atoms. The molecule has 1 aliphatic carbocycles. The summed E-state index contributed by atoms with van der Waals surface area (Å²) in [5, 5.41) is 0. The molecule has 0 saturated heterocycles. The zero-order chi connectivity index (χ0) is 21.2. The van der Waals surface area contributed by atoms with Crippen molar-refractivity contribution in [3.05, 3.63) is 52.8 Å². The number of aromatic nitrogens is 1. The molecule has 8 heteroatoms. The fraction of sp³-hybridized carbons (Fsp3) is 0.476. The van der Waals surface area contributed by atoms with Crippen LogP contribution in [-0.4, -0.2) is 46.7 Å². The Morgan fingerprint density at radius 3 is 2.41 bits per heavy atom. The highest BCUT2D eigenvalue weighted by atomic mass is 79.9. The summed E-state index contributed by atoms with van der Waals surface area (Å²) < 4.78 is 30.7. The van der Waals surface area contributed by atoms with Gasteiger partial charge in [0, 0.05) is 35.5 Å². The van der Waals surface area contributed by atoms with E-state index in [1.807, 2.05) is 48.7 Å². The number of halogens is 1. The SMILES string of the molecule is CCC(C)N(CC(=O)N(Cc1cccn1C)C1CC1)S(=O)(=O)c1ccc(Br)cc1. The summed E-state index contributed by atoms with van der Waals surface area (Å²) >= 11 is 3.34. The van der Waals surface area contributed by atoms with Gasteiger partial charge < -0.3 is 9.47 Å². The van der Waals surface area contributed by atoms with Crippen LogP contribution in [0.3, 0.4) is 0 Å². The van der Waals surface area contributed by atoms with Crippen molar-refractivity contribution in [2.45, 2.75) is 56.6 Å². The lowest BCUT2D eigenvalue weighted by Crippen LogP contribution is -2.47. The fourth-order valence-electron chi connectivity index (χ4n) is 3.29. The minimum Gasteiger partial charge on any atom is -0.353 e. The molecular weight excluding hydrogens is 454 g/mol. The van der Waals surface area contributed by atoms with Gasteiger partial charge in [-0.2, -0.15) is 4.31 Å². The van der Waals surface area contributed by atoms with Gasteiger partial charge in [0.2, 0.25) is 15.9 Å². The van der Waals surface area contributed by atoms with Gasteiger partial charge in [-0.1, -0.05) is 22.9 Å². The van der Waals surface area contributed by atoms with E-state index in [1.165, 1.54) is 4.31 Å². The lowest BCUT2D eigenvalue weighted by Gasteiger charge is -2.30. The second-order valence-corrected chi connectivity index (χ2v) is 10.4. The molecule has 1 aromatic carbocycles. The Bertz CT molecular complexity index is 952. The van der Waals surface area contributed by atoms with E-state index in [0.29, 0.717) is 13.0 Å². The quantitative estimate of drug-likeness (QED) is 0.547. The maximum atomic E-state index is 13.3. The lowest BCUT2D eigenvalue weighted by molar-refractivity contribution is -0.133. The summed E-state index contributed by atoms with van der Waals surface area (Å²) in [6, 6.07) is 10.4. The molecule has 1 unspecified atom stereocenters. The number of sulfonamides is 1. The van der Waals surface area contributed by atoms with Crippen molar-refractivity contribution in [3.8, 4) is 0 Å². The van der Waals surface area contributed by atoms with E-state index >= 15 is 0 Å². The Morgan fingerprint density at radius 2 is 1.90 bits per heavy atom. The number of aryl methyl sites for hydroxylation is 1. The summed E-state index contributed by atoms with van der Waals surface area (Å²) in [7, 11) is -1.82. The van der Waals surface area contributed by atoms with Crippen LogP contribution in [0.2, 0.25) is 0 Å². The molecule has 0 N–H and O–H groups in total. The molecule has 1 amide bonds. The molecule has 1 aliphatic rings. The predicted molar refractivity (Wildman–Crippen MR) is 117 cm³/mol. The van der Waals surface area contributed by atoms with Crippen LogP contribution in [0.5, 0.6) is 0 Å². The maximum Gasteiger partial charge on any atom is 0.243 e. The number of hydrogen-bond acceptors (Lipinski definition) is 3. The molecule has 0 bridgehead atoms. The molecule has 1 atom stereocenters. The minimum atomic E-state index is -3.77. The van der Waals surface area contributed by atoms with Crippen molar-refractivity contribution in [2.75, 3.05) is 6.54 Å². The van der Waals surface area contributed by atoms with Crippen molar-refractivity contribution >= 4 is 31.9 Å². The van der Waals surface area contributed by atoms with Crippen molar-refractivity contribution in [1.29, 1.82) is 0 Å². The average Bonchev–Trinajstić information content (AvgIpc) is 3.45. The molecule has 2 aromatic rings. The van der Waals surface area contributed by atoms with Crippen molar-refractivity contribution in [3.63, 3.8) is 0 Å². The van der Waals surface area contributed by atoms with E-state index in [2.05, 4.69) is 15.9 Å². The van der Waals surface area contributed by atoms with Crippen LogP contribution in [0, 0.1) is 0 Å². The third-order valence-electron chi connectivity index (χ3n) is 5.49. The number of carbonyl (C=O) groups excluding carboxylic acids is 1. The van der Waals surface area contributed by atoms with Crippen molar-refractivity contribution < 1.29 is 13.2 Å². The highest BCUT2D eigenvalue weighted by Crippen LogP contribution is 2.29. The molecule has 158 valence electrons. The summed E-state index contributed by atoms with van der Waals surface area (Å²) in [5.41, 5.74) is 1.04. The number of carbonyl (C=O) groups is 1. The van der Waals surface area contributed by atoms with Gasteiger partial charge in [0.25, 0.3) is 0 Å². The average molecular weight is 482 g/mol. The van der Waals surface area contributed by atoms with Gasteiger partial charge >= 0.3 is 0 Å². The molecule has 1 heterocycles. The number of amides is 1. The Labute approximate surface area is 181 Å². The Morgan fingerprint density at radius 1 is 1.24 bits per heavy atom. The third-order valence-corrected chi connectivity index (χ3v) is 7.99. The Balaban J connectivity index is 1.84. The van der Waals surface area contributed by atoms with Crippen LogP contribution in [0.25, 0.3) is 0 Å². The van der Waals surface area contributed by atoms with Gasteiger partial charge in [0.05, 0.1) is 18.0 Å². The topological polar surface area (TPSA) is 62.6 Å². The molecule has 1 fully saturated rings. The van der Waals surface area contributed by atoms with Gasteiger partial charge in [0.15, 0.2) is 0 Å². The second-order valence-electron chi connectivity index (χ2n) is 7.62. The summed E-state index contributed by atoms with van der Waals surface area (Å²) in [6.45, 7) is 4.14. The normalized spacial score (nSPS) is 15.5. The highest BCUT2D eigenvalue weighted by molar-refractivity contribution is 9.10. The highest BCUT2D eigenvalue weighted by Gasteiger charge is 2.37. The van der Waals surface area contributed by atoms with Crippen LogP contribution in [0.1, 0.15) is 38.8 Å². The maximum absolute atomic E-state index is 13.3. The van der Waals surface area contributed by atoms with Crippen molar-refractivity contribution in [2.24, 2.45) is 7.05 Å². The smallest absolute Gasteiger partial charge is 0.243 e. The Hall–Kier alpha value is -1.64. The van der Waals surface area contributed by atoms with Crippen LogP contribution in [0.4, 0.5) is 0 Å². The second kappa shape index (κ2) is 9.02. The summed E-state index contributed by atoms with van der Waals surface area (Å²) in [5.74, 6) is -0.144. The zero-order valence-corrected chi connectivity index (χ0v) is 19.5. The first kappa shape index (κ1) is 22.1. The largest absolute Gasteiger partial charge is 0.353 e. The van der Waals surface area contributed by atoms with Crippen LogP contribution in [0.15, 0.2) is 52.0 Å². The first-order valence-corrected chi connectivity index (χ1v) is 12.1. The van der Waals surface area contributed by atoms with E-state index < -0.39 is 10.0 Å². The molecule has 1 aromatic heterocycles. The van der Waals surface area contributed by atoms with E-state index in [9.17, 15) is 13.2 Å². The van der Waals surface area contributed by atoms with Crippen LogP contribution >= 0.6 is 15.9 Å². The molecular formula is C21H28BrN3O3S. The minimum absolute atomic E-state index is 0.144. The number of benzene rings is 1. The molecule has 3 rings (SSSR count).